The van der Waals surface area contributed by atoms with Gasteiger partial charge in [0.25, 0.3) is 0 Å². The number of aliphatic hydroxyl groups is 5. The van der Waals surface area contributed by atoms with Gasteiger partial charge in [-0.1, -0.05) is 105 Å². The maximum absolute atomic E-state index is 12.6. The molecule has 1 rings (SSSR count). The van der Waals surface area contributed by atoms with Crippen LogP contribution in [0.4, 0.5) is 0 Å². The lowest BCUT2D eigenvalue weighted by atomic mass is 9.99. The van der Waals surface area contributed by atoms with E-state index in [9.17, 15) is 30.3 Å². The fraction of sp³-hybridized carbons (Fsp3) is 0.583. The van der Waals surface area contributed by atoms with Gasteiger partial charge in [-0.3, -0.25) is 4.79 Å². The first-order valence-electron chi connectivity index (χ1n) is 16.3. The Morgan fingerprint density at radius 1 is 0.756 bits per heavy atom. The summed E-state index contributed by atoms with van der Waals surface area (Å²) in [4.78, 5) is 12.6. The van der Waals surface area contributed by atoms with Crippen molar-refractivity contribution in [3.63, 3.8) is 0 Å². The lowest BCUT2D eigenvalue weighted by Gasteiger charge is -2.40. The van der Waals surface area contributed by atoms with Crippen molar-refractivity contribution in [1.82, 2.24) is 5.32 Å². The molecule has 0 aliphatic carbocycles. The molecular weight excluding hydrogens is 574 g/mol. The number of nitrogens with one attached hydrogen (secondary N) is 1. The molecule has 0 radical (unpaired) electrons. The number of ether oxygens (including phenoxy) is 2. The first-order valence-corrected chi connectivity index (χ1v) is 16.3. The molecule has 1 heterocycles. The topological polar surface area (TPSA) is 149 Å². The van der Waals surface area contributed by atoms with Gasteiger partial charge in [0.1, 0.15) is 24.4 Å². The van der Waals surface area contributed by atoms with Gasteiger partial charge >= 0.3 is 0 Å². The van der Waals surface area contributed by atoms with E-state index in [0.29, 0.717) is 6.42 Å². The number of unbranched alkanes of at least 4 members (excludes halogenated alkanes) is 1. The number of aliphatic hydroxyl groups excluding tert-OH is 5. The highest BCUT2D eigenvalue weighted by Crippen LogP contribution is 2.22. The van der Waals surface area contributed by atoms with Crippen LogP contribution < -0.4 is 5.32 Å². The molecule has 1 amide bonds. The summed E-state index contributed by atoms with van der Waals surface area (Å²) < 4.78 is 11.0. The van der Waals surface area contributed by atoms with Crippen LogP contribution in [0.1, 0.15) is 78.1 Å². The Labute approximate surface area is 270 Å². The quantitative estimate of drug-likeness (QED) is 0.0905. The number of hydrogen-bond acceptors (Lipinski definition) is 8. The molecule has 6 N–H and O–H groups in total. The second-order valence-electron chi connectivity index (χ2n) is 10.9. The highest BCUT2D eigenvalue weighted by molar-refractivity contribution is 5.76. The molecule has 1 fully saturated rings. The lowest BCUT2D eigenvalue weighted by molar-refractivity contribution is -0.302. The van der Waals surface area contributed by atoms with Gasteiger partial charge in [-0.2, -0.15) is 0 Å². The van der Waals surface area contributed by atoms with Crippen molar-refractivity contribution in [2.45, 2.75) is 121 Å². The molecule has 1 saturated heterocycles. The Morgan fingerprint density at radius 2 is 1.29 bits per heavy atom. The fourth-order valence-electron chi connectivity index (χ4n) is 4.30. The summed E-state index contributed by atoms with van der Waals surface area (Å²) >= 11 is 0. The highest BCUT2D eigenvalue weighted by Gasteiger charge is 2.44. The van der Waals surface area contributed by atoms with Crippen molar-refractivity contribution < 1.29 is 39.8 Å². The van der Waals surface area contributed by atoms with Crippen molar-refractivity contribution >= 4 is 5.91 Å². The lowest BCUT2D eigenvalue weighted by Crippen LogP contribution is -2.60. The van der Waals surface area contributed by atoms with Gasteiger partial charge in [-0.25, -0.2) is 0 Å². The first-order chi connectivity index (χ1) is 21.8. The smallest absolute Gasteiger partial charge is 0.220 e. The van der Waals surface area contributed by atoms with Gasteiger partial charge in [0.05, 0.1) is 25.4 Å². The third kappa shape index (κ3) is 18.8. The van der Waals surface area contributed by atoms with Gasteiger partial charge in [-0.05, 0) is 51.4 Å². The molecular formula is C36H57NO8. The third-order valence-electron chi connectivity index (χ3n) is 6.97. The SMILES string of the molecule is CC/C=C\C/C=C\C/C=C\C/C=C\C/C=C\C/C=C\CCC(=O)NC(COC1OC(CO)C(O)C(O)C1O)C(O)/C=C/CCC. The number of rotatable bonds is 23. The Hall–Kier alpha value is -2.63. The van der Waals surface area contributed by atoms with Crippen LogP contribution in [-0.4, -0.2) is 87.5 Å². The number of amides is 1. The summed E-state index contributed by atoms with van der Waals surface area (Å²) in [6.07, 6.45) is 28.7. The Bertz CT molecular complexity index is 968. The normalized spacial score (nSPS) is 24.5. The minimum Gasteiger partial charge on any atom is -0.394 e. The monoisotopic (exact) mass is 631 g/mol. The second-order valence-corrected chi connectivity index (χ2v) is 10.9. The molecule has 7 unspecified atom stereocenters. The molecule has 254 valence electrons. The summed E-state index contributed by atoms with van der Waals surface area (Å²) in [5.74, 6) is -0.278. The molecule has 45 heavy (non-hydrogen) atoms. The minimum absolute atomic E-state index is 0.212. The van der Waals surface area contributed by atoms with E-state index in [1.807, 2.05) is 25.2 Å². The van der Waals surface area contributed by atoms with E-state index < -0.39 is 49.5 Å². The van der Waals surface area contributed by atoms with Gasteiger partial charge in [0.2, 0.25) is 5.91 Å². The molecule has 0 aromatic carbocycles. The minimum atomic E-state index is -1.58. The zero-order valence-electron chi connectivity index (χ0n) is 27.1. The molecule has 9 nitrogen and oxygen atoms in total. The summed E-state index contributed by atoms with van der Waals surface area (Å²) in [7, 11) is 0. The first kappa shape index (κ1) is 40.4. The zero-order chi connectivity index (χ0) is 33.1. The van der Waals surface area contributed by atoms with Gasteiger partial charge < -0.3 is 40.3 Å². The maximum Gasteiger partial charge on any atom is 0.220 e. The van der Waals surface area contributed by atoms with Crippen molar-refractivity contribution in [2.24, 2.45) is 0 Å². The second kappa shape index (κ2) is 26.6. The van der Waals surface area contributed by atoms with E-state index in [1.165, 1.54) is 0 Å². The van der Waals surface area contributed by atoms with E-state index in [1.54, 1.807) is 6.08 Å². The maximum atomic E-state index is 12.6. The van der Waals surface area contributed by atoms with Crippen LogP contribution in [0.3, 0.4) is 0 Å². The van der Waals surface area contributed by atoms with Crippen molar-refractivity contribution in [2.75, 3.05) is 13.2 Å². The Kier molecular flexibility index (Phi) is 23.9. The van der Waals surface area contributed by atoms with Crippen LogP contribution in [0.25, 0.3) is 0 Å². The summed E-state index contributed by atoms with van der Waals surface area (Å²) in [5.41, 5.74) is 0. The summed E-state index contributed by atoms with van der Waals surface area (Å²) in [6.45, 7) is 3.33. The largest absolute Gasteiger partial charge is 0.394 e. The van der Waals surface area contributed by atoms with Crippen LogP contribution >= 0.6 is 0 Å². The molecule has 7 atom stereocenters. The highest BCUT2D eigenvalue weighted by atomic mass is 16.7. The van der Waals surface area contributed by atoms with E-state index in [2.05, 4.69) is 73.0 Å². The number of allylic oxidation sites excluding steroid dienone is 13. The van der Waals surface area contributed by atoms with Crippen LogP contribution in [-0.2, 0) is 14.3 Å². The molecule has 1 aliphatic rings. The van der Waals surface area contributed by atoms with Gasteiger partial charge in [-0.15, -0.1) is 0 Å². The standard InChI is InChI=1S/C36H57NO8/c1-3-5-7-8-9-10-11-12-13-14-15-16-17-18-19-20-21-22-24-26-32(40)37-29(30(39)25-23-6-4-2)28-44-36-35(43)34(42)33(41)31(27-38)45-36/h5,7,9-10,12-13,15-16,18-19,21-23,25,29-31,33-36,38-39,41-43H,3-4,6,8,11,14,17,20,24,26-28H2,1-2H3,(H,37,40)/b7-5-,10-9-,13-12-,16-15-,19-18-,22-21-,25-23+. The van der Waals surface area contributed by atoms with Crippen LogP contribution in [0, 0.1) is 0 Å². The Morgan fingerprint density at radius 3 is 1.80 bits per heavy atom. The van der Waals surface area contributed by atoms with E-state index >= 15 is 0 Å². The molecule has 0 bridgehead atoms. The molecule has 0 saturated carbocycles. The summed E-state index contributed by atoms with van der Waals surface area (Å²) in [5, 5.41) is 53.0. The van der Waals surface area contributed by atoms with E-state index in [0.717, 1.165) is 51.4 Å². The number of carbonyl (C=O) groups excluding carboxylic acids is 1. The van der Waals surface area contributed by atoms with E-state index in [4.69, 9.17) is 9.47 Å². The van der Waals surface area contributed by atoms with Crippen molar-refractivity contribution in [3.05, 3.63) is 85.1 Å². The van der Waals surface area contributed by atoms with Gasteiger partial charge in [0.15, 0.2) is 6.29 Å². The number of hydrogen-bond donors (Lipinski definition) is 6. The molecule has 0 aromatic rings. The Balaban J connectivity index is 2.39. The average molecular weight is 632 g/mol. The van der Waals surface area contributed by atoms with Gasteiger partial charge in [0, 0.05) is 6.42 Å². The van der Waals surface area contributed by atoms with Crippen LogP contribution in [0.5, 0.6) is 0 Å². The average Bonchev–Trinajstić information content (AvgIpc) is 3.03. The van der Waals surface area contributed by atoms with Crippen molar-refractivity contribution in [1.29, 1.82) is 0 Å². The molecule has 0 aromatic heterocycles. The summed E-state index contributed by atoms with van der Waals surface area (Å²) in [6, 6.07) is -0.844. The third-order valence-corrected chi connectivity index (χ3v) is 6.97. The number of carbonyl (C=O) groups is 1. The van der Waals surface area contributed by atoms with Crippen LogP contribution in [0.15, 0.2) is 85.1 Å². The predicted octanol–water partition coefficient (Wildman–Crippen LogP) is 4.48. The zero-order valence-corrected chi connectivity index (χ0v) is 27.1. The fourth-order valence-corrected chi connectivity index (χ4v) is 4.30. The molecule has 9 heteroatoms. The molecule has 1 aliphatic heterocycles. The van der Waals surface area contributed by atoms with Crippen molar-refractivity contribution in [3.8, 4) is 0 Å². The van der Waals surface area contributed by atoms with E-state index in [-0.39, 0.29) is 18.9 Å². The molecule has 0 spiro atoms. The predicted molar refractivity (Wildman–Crippen MR) is 179 cm³/mol. The van der Waals surface area contributed by atoms with Crippen LogP contribution in [0.2, 0.25) is 0 Å².